The van der Waals surface area contributed by atoms with Crippen molar-refractivity contribution in [3.8, 4) is 11.1 Å². The van der Waals surface area contributed by atoms with Crippen molar-refractivity contribution in [1.82, 2.24) is 34.4 Å². The molecule has 8 heteroatoms. The smallest absolute Gasteiger partial charge is 0.274 e. The van der Waals surface area contributed by atoms with E-state index in [9.17, 15) is 4.79 Å². The molecule has 4 aromatic rings. The summed E-state index contributed by atoms with van der Waals surface area (Å²) in [6.07, 6.45) is 3.79. The van der Waals surface area contributed by atoms with Gasteiger partial charge in [-0.25, -0.2) is 4.52 Å². The maximum atomic E-state index is 12.9. The van der Waals surface area contributed by atoms with Crippen LogP contribution in [0.1, 0.15) is 22.2 Å². The number of benzene rings is 1. The van der Waals surface area contributed by atoms with Crippen LogP contribution in [0.3, 0.4) is 0 Å². The Morgan fingerprint density at radius 2 is 1.83 bits per heavy atom. The van der Waals surface area contributed by atoms with Gasteiger partial charge < -0.3 is 4.90 Å². The number of hydrogen-bond donors (Lipinski definition) is 0. The van der Waals surface area contributed by atoms with Crippen LogP contribution in [-0.2, 0) is 7.05 Å². The van der Waals surface area contributed by atoms with Gasteiger partial charge in [0.1, 0.15) is 11.4 Å². The molecule has 30 heavy (non-hydrogen) atoms. The summed E-state index contributed by atoms with van der Waals surface area (Å²) in [6, 6.07) is 16.1. The van der Waals surface area contributed by atoms with Gasteiger partial charge in [0.15, 0.2) is 0 Å². The Balaban J connectivity index is 1.44. The van der Waals surface area contributed by atoms with Gasteiger partial charge >= 0.3 is 0 Å². The SMILES string of the molecule is CN1CCN(C(=O)c2ccn(C)n2)C[C@@H]1c1nnn2cc(-c3ccccc3)ccc12. The highest BCUT2D eigenvalue weighted by molar-refractivity contribution is 5.92. The normalized spacial score (nSPS) is 17.5. The quantitative estimate of drug-likeness (QED) is 0.527. The molecule has 1 aliphatic heterocycles. The number of aromatic nitrogens is 5. The van der Waals surface area contributed by atoms with Crippen LogP contribution in [-0.4, -0.2) is 67.0 Å². The first-order chi connectivity index (χ1) is 14.6. The van der Waals surface area contributed by atoms with E-state index in [2.05, 4.69) is 51.6 Å². The van der Waals surface area contributed by atoms with E-state index in [1.165, 1.54) is 0 Å². The summed E-state index contributed by atoms with van der Waals surface area (Å²) in [5.74, 6) is -0.0449. The number of amides is 1. The number of fused-ring (bicyclic) bond motifs is 1. The number of carbonyl (C=O) groups is 1. The van der Waals surface area contributed by atoms with Gasteiger partial charge in [-0.3, -0.25) is 14.4 Å². The van der Waals surface area contributed by atoms with E-state index in [0.717, 1.165) is 28.9 Å². The van der Waals surface area contributed by atoms with E-state index in [4.69, 9.17) is 0 Å². The molecule has 0 unspecified atom stereocenters. The van der Waals surface area contributed by atoms with Crippen molar-refractivity contribution in [2.24, 2.45) is 7.05 Å². The van der Waals surface area contributed by atoms with Gasteiger partial charge in [-0.2, -0.15) is 5.10 Å². The van der Waals surface area contributed by atoms with Crippen LogP contribution in [0.2, 0.25) is 0 Å². The largest absolute Gasteiger partial charge is 0.334 e. The topological polar surface area (TPSA) is 71.6 Å². The molecule has 8 nitrogen and oxygen atoms in total. The number of rotatable bonds is 3. The number of hydrogen-bond acceptors (Lipinski definition) is 5. The fraction of sp³-hybridized carbons (Fsp3) is 0.273. The third-order valence-corrected chi connectivity index (χ3v) is 5.73. The number of piperazine rings is 1. The van der Waals surface area contributed by atoms with E-state index >= 15 is 0 Å². The number of carbonyl (C=O) groups excluding carboxylic acids is 1. The van der Waals surface area contributed by atoms with Crippen LogP contribution in [0, 0.1) is 0 Å². The highest BCUT2D eigenvalue weighted by Gasteiger charge is 2.32. The molecule has 0 bridgehead atoms. The van der Waals surface area contributed by atoms with Gasteiger partial charge in [0.25, 0.3) is 5.91 Å². The maximum Gasteiger partial charge on any atom is 0.274 e. The van der Waals surface area contributed by atoms with Crippen LogP contribution in [0.15, 0.2) is 60.9 Å². The molecular formula is C22H23N7O. The molecule has 1 saturated heterocycles. The van der Waals surface area contributed by atoms with Gasteiger partial charge in [-0.05, 0) is 24.7 Å². The lowest BCUT2D eigenvalue weighted by atomic mass is 10.1. The summed E-state index contributed by atoms with van der Waals surface area (Å²) in [4.78, 5) is 17.0. The standard InChI is InChI=1S/C22H23N7O/c1-26-12-13-28(22(30)18-10-11-27(2)24-18)15-20(26)21-19-9-8-17(14-29(19)25-23-21)16-6-4-3-5-7-16/h3-11,14,20H,12-13,15H2,1-2H3/t20-/m1/s1. The molecule has 0 spiro atoms. The summed E-state index contributed by atoms with van der Waals surface area (Å²) in [5.41, 5.74) is 4.54. The highest BCUT2D eigenvalue weighted by Crippen LogP contribution is 2.28. The maximum absolute atomic E-state index is 12.9. The van der Waals surface area contributed by atoms with Gasteiger partial charge in [-0.1, -0.05) is 41.6 Å². The highest BCUT2D eigenvalue weighted by atomic mass is 16.2. The number of likely N-dealkylation sites (N-methyl/N-ethyl adjacent to an activating group) is 1. The molecule has 1 fully saturated rings. The molecule has 0 radical (unpaired) electrons. The minimum Gasteiger partial charge on any atom is -0.334 e. The molecule has 1 amide bonds. The second-order valence-corrected chi connectivity index (χ2v) is 7.71. The Labute approximate surface area is 174 Å². The first-order valence-corrected chi connectivity index (χ1v) is 10.00. The molecule has 0 aliphatic carbocycles. The zero-order valence-electron chi connectivity index (χ0n) is 17.0. The Bertz CT molecular complexity index is 1200. The summed E-state index contributed by atoms with van der Waals surface area (Å²) in [5, 5.41) is 13.1. The second kappa shape index (κ2) is 7.38. The van der Waals surface area contributed by atoms with E-state index < -0.39 is 0 Å². The Hall–Kier alpha value is -3.52. The molecule has 1 aliphatic rings. The van der Waals surface area contributed by atoms with Crippen molar-refractivity contribution in [3.63, 3.8) is 0 Å². The molecular weight excluding hydrogens is 378 g/mol. The van der Waals surface area contributed by atoms with Gasteiger partial charge in [0, 0.05) is 44.6 Å². The van der Waals surface area contributed by atoms with E-state index in [1.54, 1.807) is 16.9 Å². The van der Waals surface area contributed by atoms with E-state index in [-0.39, 0.29) is 11.9 Å². The predicted octanol–water partition coefficient (Wildman–Crippen LogP) is 2.26. The lowest BCUT2D eigenvalue weighted by Crippen LogP contribution is -2.49. The summed E-state index contributed by atoms with van der Waals surface area (Å²) >= 11 is 0. The van der Waals surface area contributed by atoms with Gasteiger partial charge in [0.05, 0.1) is 11.6 Å². The lowest BCUT2D eigenvalue weighted by molar-refractivity contribution is 0.0535. The zero-order chi connectivity index (χ0) is 20.7. The molecule has 0 N–H and O–H groups in total. The third-order valence-electron chi connectivity index (χ3n) is 5.73. The molecule has 3 aromatic heterocycles. The van der Waals surface area contributed by atoms with Crippen molar-refractivity contribution >= 4 is 11.4 Å². The van der Waals surface area contributed by atoms with Crippen LogP contribution in [0.25, 0.3) is 16.6 Å². The van der Waals surface area contributed by atoms with Crippen LogP contribution >= 0.6 is 0 Å². The first kappa shape index (κ1) is 18.5. The summed E-state index contributed by atoms with van der Waals surface area (Å²) in [6.45, 7) is 1.99. The Morgan fingerprint density at radius 1 is 1.00 bits per heavy atom. The molecule has 152 valence electrons. The number of nitrogens with zero attached hydrogens (tertiary/aromatic N) is 7. The predicted molar refractivity (Wildman–Crippen MR) is 113 cm³/mol. The van der Waals surface area contributed by atoms with Crippen LogP contribution < -0.4 is 0 Å². The van der Waals surface area contributed by atoms with Crippen molar-refractivity contribution in [2.45, 2.75) is 6.04 Å². The van der Waals surface area contributed by atoms with E-state index in [0.29, 0.717) is 18.8 Å². The fourth-order valence-electron chi connectivity index (χ4n) is 4.00. The summed E-state index contributed by atoms with van der Waals surface area (Å²) < 4.78 is 3.48. The van der Waals surface area contributed by atoms with Crippen LogP contribution in [0.5, 0.6) is 0 Å². The Morgan fingerprint density at radius 3 is 2.60 bits per heavy atom. The number of aryl methyl sites for hydroxylation is 1. The number of pyridine rings is 1. The molecule has 4 heterocycles. The average Bonchev–Trinajstić information content (AvgIpc) is 3.40. The summed E-state index contributed by atoms with van der Waals surface area (Å²) in [7, 11) is 3.88. The monoisotopic (exact) mass is 401 g/mol. The minimum atomic E-state index is -0.0449. The molecule has 1 atom stereocenters. The van der Waals surface area contributed by atoms with E-state index in [1.807, 2.05) is 40.9 Å². The Kier molecular flexibility index (Phi) is 4.55. The fourth-order valence-corrected chi connectivity index (χ4v) is 4.00. The van der Waals surface area contributed by atoms with Crippen molar-refractivity contribution in [2.75, 3.05) is 26.7 Å². The third kappa shape index (κ3) is 3.25. The molecule has 1 aromatic carbocycles. The molecule has 5 rings (SSSR count). The van der Waals surface area contributed by atoms with Crippen molar-refractivity contribution in [3.05, 3.63) is 72.3 Å². The lowest BCUT2D eigenvalue weighted by Gasteiger charge is -2.38. The molecule has 0 saturated carbocycles. The second-order valence-electron chi connectivity index (χ2n) is 7.71. The van der Waals surface area contributed by atoms with Crippen molar-refractivity contribution < 1.29 is 4.79 Å². The first-order valence-electron chi connectivity index (χ1n) is 10.00. The van der Waals surface area contributed by atoms with Gasteiger partial charge in [-0.15, -0.1) is 5.10 Å². The zero-order valence-corrected chi connectivity index (χ0v) is 17.0. The van der Waals surface area contributed by atoms with Crippen LogP contribution in [0.4, 0.5) is 0 Å². The van der Waals surface area contributed by atoms with Gasteiger partial charge in [0.2, 0.25) is 0 Å². The minimum absolute atomic E-state index is 0.0218. The van der Waals surface area contributed by atoms with Crippen molar-refractivity contribution in [1.29, 1.82) is 0 Å². The average molecular weight is 401 g/mol.